The minimum absolute atomic E-state index is 0.174. The van der Waals surface area contributed by atoms with Gasteiger partial charge >= 0.3 is 0 Å². The lowest BCUT2D eigenvalue weighted by Crippen LogP contribution is -1.96. The van der Waals surface area contributed by atoms with Crippen molar-refractivity contribution in [2.75, 3.05) is 6.79 Å². The van der Waals surface area contributed by atoms with E-state index in [1.54, 1.807) is 12.1 Å². The third-order valence-corrected chi connectivity index (χ3v) is 3.66. The summed E-state index contributed by atoms with van der Waals surface area (Å²) >= 11 is 12.2. The third kappa shape index (κ3) is 2.11. The van der Waals surface area contributed by atoms with Crippen molar-refractivity contribution in [2.45, 2.75) is 13.8 Å². The van der Waals surface area contributed by atoms with Gasteiger partial charge in [-0.2, -0.15) is 0 Å². The van der Waals surface area contributed by atoms with E-state index in [0.717, 1.165) is 16.8 Å². The van der Waals surface area contributed by atoms with Gasteiger partial charge in [-0.05, 0) is 26.0 Å². The molecular weight excluding hydrogens is 287 g/mol. The van der Waals surface area contributed by atoms with Crippen LogP contribution in [0.4, 0.5) is 0 Å². The van der Waals surface area contributed by atoms with Crippen LogP contribution in [0.1, 0.15) is 11.3 Å². The Bertz CT molecular complexity index is 651. The molecule has 0 amide bonds. The molecule has 0 aliphatic carbocycles. The number of ether oxygens (including phenoxy) is 2. The molecule has 2 aromatic rings. The number of halogens is 2. The lowest BCUT2D eigenvalue weighted by Gasteiger charge is -2.07. The molecule has 0 bridgehead atoms. The van der Waals surface area contributed by atoms with Gasteiger partial charge in [0.25, 0.3) is 0 Å². The predicted octanol–water partition coefficient (Wildman–Crippen LogP) is 3.80. The molecule has 0 saturated heterocycles. The Balaban J connectivity index is 2.15. The number of hydrogen-bond donors (Lipinski definition) is 0. The topological polar surface area (TPSA) is 44.2 Å². The van der Waals surface area contributed by atoms with Crippen LogP contribution in [-0.4, -0.2) is 16.8 Å². The molecule has 3 rings (SSSR count). The van der Waals surface area contributed by atoms with E-state index in [1.165, 1.54) is 0 Å². The van der Waals surface area contributed by atoms with Crippen LogP contribution in [0.25, 0.3) is 11.4 Å². The second-order valence-electron chi connectivity index (χ2n) is 4.24. The fraction of sp³-hybridized carbons (Fsp3) is 0.231. The fourth-order valence-corrected chi connectivity index (χ4v) is 2.30. The van der Waals surface area contributed by atoms with Crippen molar-refractivity contribution in [3.63, 3.8) is 0 Å². The molecule has 6 heteroatoms. The van der Waals surface area contributed by atoms with Crippen LogP contribution in [0.2, 0.25) is 10.2 Å². The van der Waals surface area contributed by atoms with Gasteiger partial charge in [0.05, 0.1) is 5.02 Å². The van der Waals surface area contributed by atoms with Gasteiger partial charge in [0.1, 0.15) is 5.15 Å². The normalized spacial score (nSPS) is 12.8. The molecule has 4 nitrogen and oxygen atoms in total. The highest BCUT2D eigenvalue weighted by atomic mass is 35.5. The number of fused-ring (bicyclic) bond motifs is 1. The van der Waals surface area contributed by atoms with Crippen LogP contribution >= 0.6 is 23.2 Å². The molecule has 2 heterocycles. The Hall–Kier alpha value is -1.52. The Morgan fingerprint density at radius 1 is 1.11 bits per heavy atom. The third-order valence-electron chi connectivity index (χ3n) is 3.02. The van der Waals surface area contributed by atoms with E-state index < -0.39 is 0 Å². The fourth-order valence-electron chi connectivity index (χ4n) is 1.82. The van der Waals surface area contributed by atoms with Gasteiger partial charge in [-0.15, -0.1) is 0 Å². The quantitative estimate of drug-likeness (QED) is 0.751. The minimum atomic E-state index is 0.174. The van der Waals surface area contributed by atoms with Gasteiger partial charge < -0.3 is 9.47 Å². The number of aryl methyl sites for hydroxylation is 1. The molecular formula is C13H10Cl2N2O2. The molecule has 0 N–H and O–H groups in total. The van der Waals surface area contributed by atoms with E-state index in [4.69, 9.17) is 32.7 Å². The largest absolute Gasteiger partial charge is 0.454 e. The monoisotopic (exact) mass is 296 g/mol. The average Bonchev–Trinajstić information content (AvgIpc) is 2.84. The summed E-state index contributed by atoms with van der Waals surface area (Å²) in [5.74, 6) is 1.68. The summed E-state index contributed by atoms with van der Waals surface area (Å²) in [5.41, 5.74) is 2.46. The van der Waals surface area contributed by atoms with Gasteiger partial charge in [0.15, 0.2) is 17.3 Å². The van der Waals surface area contributed by atoms with Crippen molar-refractivity contribution in [3.05, 3.63) is 33.6 Å². The van der Waals surface area contributed by atoms with E-state index in [1.807, 2.05) is 13.8 Å². The van der Waals surface area contributed by atoms with Crippen molar-refractivity contribution in [3.8, 4) is 22.9 Å². The lowest BCUT2D eigenvalue weighted by molar-refractivity contribution is 0.174. The van der Waals surface area contributed by atoms with Gasteiger partial charge in [0.2, 0.25) is 6.79 Å². The first-order chi connectivity index (χ1) is 9.06. The summed E-state index contributed by atoms with van der Waals surface area (Å²) in [4.78, 5) is 8.69. The SMILES string of the molecule is Cc1nc(-c2cc(Cl)c3c(c2)OCO3)nc(Cl)c1C. The molecule has 1 aromatic carbocycles. The maximum absolute atomic E-state index is 6.14. The zero-order chi connectivity index (χ0) is 13.6. The zero-order valence-electron chi connectivity index (χ0n) is 10.3. The Morgan fingerprint density at radius 3 is 2.63 bits per heavy atom. The number of rotatable bonds is 1. The van der Waals surface area contributed by atoms with Crippen LogP contribution in [0.3, 0.4) is 0 Å². The van der Waals surface area contributed by atoms with E-state index in [0.29, 0.717) is 27.5 Å². The molecule has 1 aliphatic rings. The van der Waals surface area contributed by atoms with Gasteiger partial charge in [-0.3, -0.25) is 0 Å². The van der Waals surface area contributed by atoms with Crippen LogP contribution in [-0.2, 0) is 0 Å². The maximum atomic E-state index is 6.14. The van der Waals surface area contributed by atoms with E-state index in [9.17, 15) is 0 Å². The first kappa shape index (κ1) is 12.5. The molecule has 0 saturated carbocycles. The standard InChI is InChI=1S/C13H10Cl2N2O2/c1-6-7(2)16-13(17-12(6)15)8-3-9(14)11-10(4-8)18-5-19-11/h3-4H,5H2,1-2H3. The molecule has 0 atom stereocenters. The predicted molar refractivity (Wildman–Crippen MR) is 73.1 cm³/mol. The summed E-state index contributed by atoms with van der Waals surface area (Å²) < 4.78 is 10.6. The second kappa shape index (κ2) is 4.54. The smallest absolute Gasteiger partial charge is 0.231 e. The van der Waals surface area contributed by atoms with Crippen LogP contribution in [0, 0.1) is 13.8 Å². The molecule has 0 spiro atoms. The molecule has 98 valence electrons. The van der Waals surface area contributed by atoms with Crippen LogP contribution in [0.15, 0.2) is 12.1 Å². The van der Waals surface area contributed by atoms with Gasteiger partial charge in [-0.1, -0.05) is 23.2 Å². The van der Waals surface area contributed by atoms with E-state index in [-0.39, 0.29) is 6.79 Å². The number of aromatic nitrogens is 2. The first-order valence-corrected chi connectivity index (χ1v) is 6.42. The van der Waals surface area contributed by atoms with Crippen molar-refractivity contribution in [2.24, 2.45) is 0 Å². The highest BCUT2D eigenvalue weighted by Gasteiger charge is 2.20. The molecule has 1 aromatic heterocycles. The Morgan fingerprint density at radius 2 is 1.89 bits per heavy atom. The zero-order valence-corrected chi connectivity index (χ0v) is 11.8. The number of hydrogen-bond acceptors (Lipinski definition) is 4. The first-order valence-electron chi connectivity index (χ1n) is 5.66. The number of nitrogens with zero attached hydrogens (tertiary/aromatic N) is 2. The van der Waals surface area contributed by atoms with E-state index in [2.05, 4.69) is 9.97 Å². The van der Waals surface area contributed by atoms with Gasteiger partial charge in [-0.25, -0.2) is 9.97 Å². The van der Waals surface area contributed by atoms with Crippen molar-refractivity contribution >= 4 is 23.2 Å². The highest BCUT2D eigenvalue weighted by Crippen LogP contribution is 2.41. The van der Waals surface area contributed by atoms with Crippen molar-refractivity contribution in [1.82, 2.24) is 9.97 Å². The van der Waals surface area contributed by atoms with Crippen LogP contribution in [0.5, 0.6) is 11.5 Å². The number of benzene rings is 1. The van der Waals surface area contributed by atoms with Crippen molar-refractivity contribution < 1.29 is 9.47 Å². The average molecular weight is 297 g/mol. The lowest BCUT2D eigenvalue weighted by atomic mass is 10.1. The Kier molecular flexibility index (Phi) is 2.99. The molecule has 0 fully saturated rings. The van der Waals surface area contributed by atoms with E-state index >= 15 is 0 Å². The maximum Gasteiger partial charge on any atom is 0.231 e. The second-order valence-corrected chi connectivity index (χ2v) is 5.01. The highest BCUT2D eigenvalue weighted by molar-refractivity contribution is 6.32. The molecule has 0 unspecified atom stereocenters. The summed E-state index contributed by atoms with van der Waals surface area (Å²) in [6.45, 7) is 3.95. The Labute approximate surface area is 120 Å². The van der Waals surface area contributed by atoms with Crippen molar-refractivity contribution in [1.29, 1.82) is 0 Å². The summed E-state index contributed by atoms with van der Waals surface area (Å²) in [6.07, 6.45) is 0. The summed E-state index contributed by atoms with van der Waals surface area (Å²) in [5, 5.41) is 0.916. The minimum Gasteiger partial charge on any atom is -0.454 e. The van der Waals surface area contributed by atoms with Crippen LogP contribution < -0.4 is 9.47 Å². The summed E-state index contributed by atoms with van der Waals surface area (Å²) in [7, 11) is 0. The van der Waals surface area contributed by atoms with Gasteiger partial charge in [0, 0.05) is 16.8 Å². The molecule has 1 aliphatic heterocycles. The molecule has 19 heavy (non-hydrogen) atoms. The molecule has 0 radical (unpaired) electrons. The summed E-state index contributed by atoms with van der Waals surface area (Å²) in [6, 6.07) is 3.55.